The normalized spacial score (nSPS) is 12.8. The quantitative estimate of drug-likeness (QED) is 0.526. The number of methoxy groups -OCH3 is 1. The molecule has 0 heterocycles. The van der Waals surface area contributed by atoms with Crippen molar-refractivity contribution in [3.05, 3.63) is 11.6 Å². The Hall–Kier alpha value is -1.00. The zero-order chi connectivity index (χ0) is 11.2. The molecule has 0 amide bonds. The van der Waals surface area contributed by atoms with E-state index in [1.807, 2.05) is 0 Å². The molecule has 0 aromatic heterocycles. The van der Waals surface area contributed by atoms with Crippen molar-refractivity contribution >= 4 is 5.97 Å². The first-order valence-corrected chi connectivity index (χ1v) is 4.17. The SMILES string of the molecule is COC(=O)/C=C(/C)CCCC(F)(F)F. The minimum absolute atomic E-state index is 0.00281. The highest BCUT2D eigenvalue weighted by atomic mass is 19.4. The predicted octanol–water partition coefficient (Wildman–Crippen LogP) is 2.84. The number of halogens is 3. The van der Waals surface area contributed by atoms with E-state index in [0.717, 1.165) is 0 Å². The molecule has 0 radical (unpaired) electrons. The van der Waals surface area contributed by atoms with Crippen LogP contribution < -0.4 is 0 Å². The summed E-state index contributed by atoms with van der Waals surface area (Å²) in [6, 6.07) is 0. The molecule has 0 aromatic rings. The van der Waals surface area contributed by atoms with E-state index in [1.165, 1.54) is 13.2 Å². The highest BCUT2D eigenvalue weighted by Gasteiger charge is 2.25. The van der Waals surface area contributed by atoms with Crippen LogP contribution in [0.4, 0.5) is 13.2 Å². The highest BCUT2D eigenvalue weighted by Crippen LogP contribution is 2.23. The number of carbonyl (C=O) groups excluding carboxylic acids is 1. The fourth-order valence-electron chi connectivity index (χ4n) is 0.900. The smallest absolute Gasteiger partial charge is 0.389 e. The fourth-order valence-corrected chi connectivity index (χ4v) is 0.900. The summed E-state index contributed by atoms with van der Waals surface area (Å²) in [7, 11) is 1.22. The lowest BCUT2D eigenvalue weighted by molar-refractivity contribution is -0.135. The fraction of sp³-hybridized carbons (Fsp3) is 0.667. The van der Waals surface area contributed by atoms with Crippen molar-refractivity contribution < 1.29 is 22.7 Å². The van der Waals surface area contributed by atoms with Crippen molar-refractivity contribution in [1.82, 2.24) is 0 Å². The van der Waals surface area contributed by atoms with E-state index in [2.05, 4.69) is 4.74 Å². The lowest BCUT2D eigenvalue weighted by Crippen LogP contribution is -2.06. The van der Waals surface area contributed by atoms with Gasteiger partial charge in [-0.1, -0.05) is 5.57 Å². The number of hydrogen-bond donors (Lipinski definition) is 0. The second-order valence-corrected chi connectivity index (χ2v) is 2.98. The van der Waals surface area contributed by atoms with Gasteiger partial charge in [-0.2, -0.15) is 13.2 Å². The van der Waals surface area contributed by atoms with Crippen molar-refractivity contribution in [2.75, 3.05) is 7.11 Å². The number of hydrogen-bond acceptors (Lipinski definition) is 2. The Bertz CT molecular complexity index is 219. The molecule has 0 aromatic carbocycles. The lowest BCUT2D eigenvalue weighted by atomic mass is 10.1. The van der Waals surface area contributed by atoms with Gasteiger partial charge >= 0.3 is 12.1 Å². The molecule has 0 bridgehead atoms. The van der Waals surface area contributed by atoms with Gasteiger partial charge in [-0.3, -0.25) is 0 Å². The number of alkyl halides is 3. The van der Waals surface area contributed by atoms with Crippen molar-refractivity contribution in [3.8, 4) is 0 Å². The monoisotopic (exact) mass is 210 g/mol. The van der Waals surface area contributed by atoms with Gasteiger partial charge in [-0.05, 0) is 19.8 Å². The molecule has 5 heteroatoms. The van der Waals surface area contributed by atoms with Gasteiger partial charge in [0.2, 0.25) is 0 Å². The first kappa shape index (κ1) is 13.0. The Labute approximate surface area is 80.7 Å². The number of ether oxygens (including phenoxy) is 1. The largest absolute Gasteiger partial charge is 0.466 e. The molecule has 0 N–H and O–H groups in total. The Balaban J connectivity index is 3.80. The molecule has 14 heavy (non-hydrogen) atoms. The average molecular weight is 210 g/mol. The number of esters is 1. The van der Waals surface area contributed by atoms with Crippen LogP contribution in [-0.4, -0.2) is 19.3 Å². The third-order valence-electron chi connectivity index (χ3n) is 1.60. The van der Waals surface area contributed by atoms with Gasteiger partial charge < -0.3 is 4.74 Å². The van der Waals surface area contributed by atoms with Gasteiger partial charge in [0.15, 0.2) is 0 Å². The molecule has 0 fully saturated rings. The van der Waals surface area contributed by atoms with Crippen LogP contribution >= 0.6 is 0 Å². The van der Waals surface area contributed by atoms with Crippen LogP contribution in [-0.2, 0) is 9.53 Å². The second kappa shape index (κ2) is 5.67. The summed E-state index contributed by atoms with van der Waals surface area (Å²) >= 11 is 0. The standard InChI is InChI=1S/C9H13F3O2/c1-7(6-8(13)14-2)4-3-5-9(10,11)12/h6H,3-5H2,1-2H3/b7-6-. The summed E-state index contributed by atoms with van der Waals surface area (Å²) in [4.78, 5) is 10.7. The molecule has 0 saturated carbocycles. The van der Waals surface area contributed by atoms with Crippen LogP contribution in [0.5, 0.6) is 0 Å². The first-order valence-electron chi connectivity index (χ1n) is 4.17. The van der Waals surface area contributed by atoms with Crippen LogP contribution in [0.2, 0.25) is 0 Å². The van der Waals surface area contributed by atoms with Crippen molar-refractivity contribution in [2.45, 2.75) is 32.4 Å². The minimum Gasteiger partial charge on any atom is -0.466 e. The molecule has 82 valence electrons. The van der Waals surface area contributed by atoms with Gasteiger partial charge in [0, 0.05) is 12.5 Å². The summed E-state index contributed by atoms with van der Waals surface area (Å²) in [5.74, 6) is -0.533. The van der Waals surface area contributed by atoms with Crippen molar-refractivity contribution in [3.63, 3.8) is 0 Å². The predicted molar refractivity (Wildman–Crippen MR) is 45.7 cm³/mol. The van der Waals surface area contributed by atoms with Crippen LogP contribution in [0.3, 0.4) is 0 Å². The number of rotatable bonds is 4. The lowest BCUT2D eigenvalue weighted by Gasteiger charge is -2.05. The third kappa shape index (κ3) is 7.64. The van der Waals surface area contributed by atoms with Crippen LogP contribution in [0, 0.1) is 0 Å². The van der Waals surface area contributed by atoms with Gasteiger partial charge in [-0.15, -0.1) is 0 Å². The summed E-state index contributed by atoms with van der Waals surface area (Å²) in [5, 5.41) is 0. The maximum Gasteiger partial charge on any atom is 0.389 e. The maximum atomic E-state index is 11.7. The van der Waals surface area contributed by atoms with E-state index >= 15 is 0 Å². The molecule has 0 saturated heterocycles. The number of allylic oxidation sites excluding steroid dienone is 1. The minimum atomic E-state index is -4.12. The highest BCUT2D eigenvalue weighted by molar-refractivity contribution is 5.82. The van der Waals surface area contributed by atoms with Crippen molar-refractivity contribution in [2.24, 2.45) is 0 Å². The van der Waals surface area contributed by atoms with Gasteiger partial charge in [0.1, 0.15) is 0 Å². The molecule has 0 atom stereocenters. The zero-order valence-corrected chi connectivity index (χ0v) is 8.15. The van der Waals surface area contributed by atoms with Crippen molar-refractivity contribution in [1.29, 1.82) is 0 Å². The Morgan fingerprint density at radius 2 is 2.00 bits per heavy atom. The molecule has 0 spiro atoms. The van der Waals surface area contributed by atoms with Crippen LogP contribution in [0.15, 0.2) is 11.6 Å². The summed E-state index contributed by atoms with van der Waals surface area (Å²) in [5.41, 5.74) is 0.598. The average Bonchev–Trinajstić information content (AvgIpc) is 2.01. The van der Waals surface area contributed by atoms with E-state index in [1.54, 1.807) is 6.92 Å². The molecule has 0 rings (SSSR count). The van der Waals surface area contributed by atoms with E-state index in [-0.39, 0.29) is 12.8 Å². The molecular formula is C9H13F3O2. The zero-order valence-electron chi connectivity index (χ0n) is 8.15. The van der Waals surface area contributed by atoms with E-state index in [9.17, 15) is 18.0 Å². The molecule has 0 aliphatic carbocycles. The molecule has 0 aliphatic rings. The Morgan fingerprint density at radius 3 is 2.43 bits per heavy atom. The van der Waals surface area contributed by atoms with Gasteiger partial charge in [-0.25, -0.2) is 4.79 Å². The van der Waals surface area contributed by atoms with E-state index in [4.69, 9.17) is 0 Å². The third-order valence-corrected chi connectivity index (χ3v) is 1.60. The summed E-state index contributed by atoms with van der Waals surface area (Å²) in [6.07, 6.45) is -3.47. The first-order chi connectivity index (χ1) is 6.35. The van der Waals surface area contributed by atoms with E-state index < -0.39 is 18.6 Å². The molecular weight excluding hydrogens is 197 g/mol. The van der Waals surface area contributed by atoms with Gasteiger partial charge in [0.05, 0.1) is 7.11 Å². The summed E-state index contributed by atoms with van der Waals surface area (Å²) in [6.45, 7) is 1.60. The molecule has 0 unspecified atom stereocenters. The van der Waals surface area contributed by atoms with Gasteiger partial charge in [0.25, 0.3) is 0 Å². The Morgan fingerprint density at radius 1 is 1.43 bits per heavy atom. The topological polar surface area (TPSA) is 26.3 Å². The molecule has 0 aliphatic heterocycles. The second-order valence-electron chi connectivity index (χ2n) is 2.98. The van der Waals surface area contributed by atoms with Crippen LogP contribution in [0.25, 0.3) is 0 Å². The number of carbonyl (C=O) groups is 1. The maximum absolute atomic E-state index is 11.7. The summed E-state index contributed by atoms with van der Waals surface area (Å²) < 4.78 is 39.5. The Kier molecular flexibility index (Phi) is 5.27. The molecule has 2 nitrogen and oxygen atoms in total. The van der Waals surface area contributed by atoms with Crippen LogP contribution in [0.1, 0.15) is 26.2 Å². The van der Waals surface area contributed by atoms with E-state index in [0.29, 0.717) is 5.57 Å².